The van der Waals surface area contributed by atoms with Crippen LogP contribution in [0.1, 0.15) is 40.1 Å². The number of esters is 1. The standard InChI is InChI=1S/C13H14BrClO3/c1-3-18-13(17)11-5-4-9(6-10(11)7-14)12(16)8(2)15/h4-6,8H,3,7H2,1-2H3. The topological polar surface area (TPSA) is 43.4 Å². The number of alkyl halides is 2. The van der Waals surface area contributed by atoms with Gasteiger partial charge < -0.3 is 4.74 Å². The number of carbonyl (C=O) groups is 2. The molecule has 0 spiro atoms. The van der Waals surface area contributed by atoms with Crippen molar-refractivity contribution in [3.63, 3.8) is 0 Å². The van der Waals surface area contributed by atoms with Crippen LogP contribution in [0.2, 0.25) is 0 Å². The maximum Gasteiger partial charge on any atom is 0.338 e. The number of Topliss-reactive ketones (excluding diaryl/α,β-unsaturated/α-hetero) is 1. The molecule has 3 nitrogen and oxygen atoms in total. The van der Waals surface area contributed by atoms with Gasteiger partial charge in [-0.1, -0.05) is 22.0 Å². The molecule has 98 valence electrons. The third kappa shape index (κ3) is 3.56. The van der Waals surface area contributed by atoms with Crippen LogP contribution in [-0.4, -0.2) is 23.7 Å². The molecule has 0 N–H and O–H groups in total. The highest BCUT2D eigenvalue weighted by Gasteiger charge is 2.17. The summed E-state index contributed by atoms with van der Waals surface area (Å²) in [6, 6.07) is 4.86. The summed E-state index contributed by atoms with van der Waals surface area (Å²) in [5.41, 5.74) is 1.68. The fourth-order valence-electron chi connectivity index (χ4n) is 1.50. The first kappa shape index (κ1) is 15.2. The van der Waals surface area contributed by atoms with Gasteiger partial charge >= 0.3 is 5.97 Å². The quantitative estimate of drug-likeness (QED) is 0.470. The largest absolute Gasteiger partial charge is 0.462 e. The summed E-state index contributed by atoms with van der Waals surface area (Å²) >= 11 is 9.05. The van der Waals surface area contributed by atoms with E-state index in [4.69, 9.17) is 16.3 Å². The summed E-state index contributed by atoms with van der Waals surface area (Å²) < 4.78 is 4.95. The van der Waals surface area contributed by atoms with Crippen molar-refractivity contribution in [2.45, 2.75) is 24.6 Å². The molecule has 18 heavy (non-hydrogen) atoms. The van der Waals surface area contributed by atoms with Gasteiger partial charge in [-0.15, -0.1) is 11.6 Å². The molecule has 5 heteroatoms. The van der Waals surface area contributed by atoms with E-state index in [0.29, 0.717) is 23.1 Å². The lowest BCUT2D eigenvalue weighted by atomic mass is 10.0. The third-order valence-electron chi connectivity index (χ3n) is 2.39. The highest BCUT2D eigenvalue weighted by molar-refractivity contribution is 9.08. The van der Waals surface area contributed by atoms with Gasteiger partial charge in [0.25, 0.3) is 0 Å². The predicted molar refractivity (Wildman–Crippen MR) is 74.7 cm³/mol. The molecule has 0 amide bonds. The van der Waals surface area contributed by atoms with Gasteiger partial charge in [0.1, 0.15) is 0 Å². The van der Waals surface area contributed by atoms with Crippen LogP contribution in [0, 0.1) is 0 Å². The summed E-state index contributed by atoms with van der Waals surface area (Å²) in [5, 5.41) is -0.111. The maximum atomic E-state index is 11.8. The number of hydrogen-bond donors (Lipinski definition) is 0. The Labute approximate surface area is 120 Å². The molecule has 0 saturated heterocycles. The van der Waals surface area contributed by atoms with Gasteiger partial charge in [-0.25, -0.2) is 4.79 Å². The van der Waals surface area contributed by atoms with E-state index in [1.54, 1.807) is 32.0 Å². The summed E-state index contributed by atoms with van der Waals surface area (Å²) in [4.78, 5) is 23.4. The van der Waals surface area contributed by atoms with Crippen LogP contribution < -0.4 is 0 Å². The van der Waals surface area contributed by atoms with E-state index in [9.17, 15) is 9.59 Å². The zero-order chi connectivity index (χ0) is 13.7. The van der Waals surface area contributed by atoms with Crippen molar-refractivity contribution in [2.24, 2.45) is 0 Å². The molecule has 0 aliphatic heterocycles. The highest BCUT2D eigenvalue weighted by Crippen LogP contribution is 2.18. The van der Waals surface area contributed by atoms with Crippen LogP contribution in [0.25, 0.3) is 0 Å². The smallest absolute Gasteiger partial charge is 0.338 e. The minimum atomic E-state index is -0.582. The van der Waals surface area contributed by atoms with E-state index in [1.807, 2.05) is 0 Å². The van der Waals surface area contributed by atoms with Crippen molar-refractivity contribution in [1.29, 1.82) is 0 Å². The second-order valence-electron chi connectivity index (χ2n) is 3.71. The Bertz CT molecular complexity index is 458. The van der Waals surface area contributed by atoms with Crippen molar-refractivity contribution in [3.05, 3.63) is 34.9 Å². The van der Waals surface area contributed by atoms with E-state index in [1.165, 1.54) is 0 Å². The van der Waals surface area contributed by atoms with E-state index < -0.39 is 5.38 Å². The second-order valence-corrected chi connectivity index (χ2v) is 4.92. The number of benzene rings is 1. The zero-order valence-electron chi connectivity index (χ0n) is 10.2. The average molecular weight is 334 g/mol. The molecule has 0 bridgehead atoms. The van der Waals surface area contributed by atoms with E-state index >= 15 is 0 Å². The fraction of sp³-hybridized carbons (Fsp3) is 0.385. The Morgan fingerprint density at radius 2 is 2.11 bits per heavy atom. The fourth-order valence-corrected chi connectivity index (χ4v) is 2.09. The Morgan fingerprint density at radius 1 is 1.44 bits per heavy atom. The Kier molecular flexibility index (Phi) is 5.82. The summed E-state index contributed by atoms with van der Waals surface area (Å²) in [6.45, 7) is 3.69. The Balaban J connectivity index is 3.11. The van der Waals surface area contributed by atoms with Crippen molar-refractivity contribution in [2.75, 3.05) is 6.61 Å². The normalized spacial score (nSPS) is 12.0. The molecule has 0 radical (unpaired) electrons. The highest BCUT2D eigenvalue weighted by atomic mass is 79.9. The molecule has 1 aromatic rings. The van der Waals surface area contributed by atoms with Crippen molar-refractivity contribution in [1.82, 2.24) is 0 Å². The van der Waals surface area contributed by atoms with Crippen LogP contribution >= 0.6 is 27.5 Å². The molecule has 0 fully saturated rings. The van der Waals surface area contributed by atoms with Gasteiger partial charge in [0.15, 0.2) is 5.78 Å². The lowest BCUT2D eigenvalue weighted by Crippen LogP contribution is -2.13. The molecule has 0 saturated carbocycles. The van der Waals surface area contributed by atoms with Crippen LogP contribution in [0.5, 0.6) is 0 Å². The molecule has 1 rings (SSSR count). The van der Waals surface area contributed by atoms with E-state index in [-0.39, 0.29) is 11.8 Å². The van der Waals surface area contributed by atoms with Gasteiger partial charge in [-0.05, 0) is 31.5 Å². The molecule has 0 aliphatic rings. The molecule has 0 heterocycles. The third-order valence-corrected chi connectivity index (χ3v) is 3.19. The number of rotatable bonds is 5. The minimum absolute atomic E-state index is 0.158. The number of hydrogen-bond acceptors (Lipinski definition) is 3. The van der Waals surface area contributed by atoms with Gasteiger partial charge in [0, 0.05) is 10.9 Å². The Morgan fingerprint density at radius 3 is 2.61 bits per heavy atom. The first-order chi connectivity index (χ1) is 8.51. The van der Waals surface area contributed by atoms with Gasteiger partial charge in [0.05, 0.1) is 17.5 Å². The molecule has 1 atom stereocenters. The summed E-state index contributed by atoms with van der Waals surface area (Å²) in [6.07, 6.45) is 0. The van der Waals surface area contributed by atoms with E-state index in [0.717, 1.165) is 5.56 Å². The van der Waals surface area contributed by atoms with Crippen molar-refractivity contribution in [3.8, 4) is 0 Å². The molecular weight excluding hydrogens is 319 g/mol. The molecular formula is C13H14BrClO3. The summed E-state index contributed by atoms with van der Waals surface area (Å²) in [5.74, 6) is -0.542. The SMILES string of the molecule is CCOC(=O)c1ccc(C(=O)C(C)Cl)cc1CBr. The molecule has 1 aromatic carbocycles. The first-order valence-electron chi connectivity index (χ1n) is 5.55. The maximum absolute atomic E-state index is 11.8. The second kappa shape index (κ2) is 6.90. The van der Waals surface area contributed by atoms with E-state index in [2.05, 4.69) is 15.9 Å². The summed E-state index contributed by atoms with van der Waals surface area (Å²) in [7, 11) is 0. The van der Waals surface area contributed by atoms with Gasteiger partial charge in [-0.2, -0.15) is 0 Å². The van der Waals surface area contributed by atoms with Gasteiger partial charge in [-0.3, -0.25) is 4.79 Å². The zero-order valence-corrected chi connectivity index (χ0v) is 12.5. The molecule has 1 unspecified atom stereocenters. The van der Waals surface area contributed by atoms with Crippen molar-refractivity contribution < 1.29 is 14.3 Å². The number of halogens is 2. The van der Waals surface area contributed by atoms with Crippen molar-refractivity contribution >= 4 is 39.3 Å². The number of ether oxygens (including phenoxy) is 1. The van der Waals surface area contributed by atoms with Crippen LogP contribution in [-0.2, 0) is 10.1 Å². The van der Waals surface area contributed by atoms with Crippen LogP contribution in [0.4, 0.5) is 0 Å². The predicted octanol–water partition coefficient (Wildman–Crippen LogP) is 3.57. The van der Waals surface area contributed by atoms with Crippen LogP contribution in [0.15, 0.2) is 18.2 Å². The monoisotopic (exact) mass is 332 g/mol. The lowest BCUT2D eigenvalue weighted by Gasteiger charge is -2.09. The molecule has 0 aliphatic carbocycles. The van der Waals surface area contributed by atoms with Gasteiger partial charge in [0.2, 0.25) is 0 Å². The molecule has 0 aromatic heterocycles. The first-order valence-corrected chi connectivity index (χ1v) is 7.11. The van der Waals surface area contributed by atoms with Crippen LogP contribution in [0.3, 0.4) is 0 Å². The minimum Gasteiger partial charge on any atom is -0.462 e. The number of ketones is 1. The Hall–Kier alpha value is -0.870. The lowest BCUT2D eigenvalue weighted by molar-refractivity contribution is 0.0525. The average Bonchev–Trinajstić information content (AvgIpc) is 2.37. The number of carbonyl (C=O) groups excluding carboxylic acids is 2.